The van der Waals surface area contributed by atoms with E-state index in [1.807, 2.05) is 11.0 Å². The van der Waals surface area contributed by atoms with Crippen molar-refractivity contribution >= 4 is 11.9 Å². The van der Waals surface area contributed by atoms with Crippen LogP contribution in [0.4, 0.5) is 0 Å². The van der Waals surface area contributed by atoms with Crippen LogP contribution in [0.5, 0.6) is 0 Å². The first-order chi connectivity index (χ1) is 12.5. The lowest BCUT2D eigenvalue weighted by molar-refractivity contribution is -0.143. The third-order valence-corrected chi connectivity index (χ3v) is 6.02. The highest BCUT2D eigenvalue weighted by Crippen LogP contribution is 2.39. The summed E-state index contributed by atoms with van der Waals surface area (Å²) in [6.07, 6.45) is 7.79. The standard InChI is InChI=1S/C21H30N2O3/c1-16(20(25)26)23(18-10-11-18)14-19(24)22-15-21(12-6-3-7-13-21)17-8-4-2-5-9-17/h2,4-5,8-9,16,18H,3,6-7,10-15H2,1H3,(H,22,24)(H,25,26). The SMILES string of the molecule is CC(C(=O)O)N(CC(=O)NCC1(c2ccccc2)CCCCC1)C1CC1. The smallest absolute Gasteiger partial charge is 0.320 e. The number of benzene rings is 1. The summed E-state index contributed by atoms with van der Waals surface area (Å²) in [6.45, 7) is 2.47. The van der Waals surface area contributed by atoms with E-state index in [1.54, 1.807) is 6.92 Å². The van der Waals surface area contributed by atoms with Gasteiger partial charge in [0.15, 0.2) is 0 Å². The number of hydrogen-bond donors (Lipinski definition) is 2. The Morgan fingerprint density at radius 2 is 1.85 bits per heavy atom. The maximum atomic E-state index is 12.6. The maximum absolute atomic E-state index is 12.6. The molecule has 142 valence electrons. The van der Waals surface area contributed by atoms with E-state index in [0.717, 1.165) is 25.7 Å². The van der Waals surface area contributed by atoms with E-state index in [0.29, 0.717) is 6.54 Å². The molecule has 1 aromatic carbocycles. The molecule has 2 saturated carbocycles. The third-order valence-electron chi connectivity index (χ3n) is 6.02. The molecule has 0 bridgehead atoms. The molecule has 0 saturated heterocycles. The second-order valence-electron chi connectivity index (χ2n) is 7.90. The zero-order chi connectivity index (χ0) is 18.6. The summed E-state index contributed by atoms with van der Waals surface area (Å²) in [5.41, 5.74) is 1.32. The number of carbonyl (C=O) groups excluding carboxylic acids is 1. The van der Waals surface area contributed by atoms with E-state index in [-0.39, 0.29) is 23.9 Å². The van der Waals surface area contributed by atoms with Crippen LogP contribution in [-0.4, -0.2) is 47.1 Å². The summed E-state index contributed by atoms with van der Waals surface area (Å²) in [4.78, 5) is 25.7. The van der Waals surface area contributed by atoms with Gasteiger partial charge in [0.05, 0.1) is 6.54 Å². The van der Waals surface area contributed by atoms with E-state index >= 15 is 0 Å². The Hall–Kier alpha value is -1.88. The summed E-state index contributed by atoms with van der Waals surface area (Å²) in [5.74, 6) is -0.927. The van der Waals surface area contributed by atoms with Crippen LogP contribution in [0.2, 0.25) is 0 Å². The van der Waals surface area contributed by atoms with E-state index < -0.39 is 12.0 Å². The van der Waals surface area contributed by atoms with Gasteiger partial charge >= 0.3 is 5.97 Å². The van der Waals surface area contributed by atoms with Gasteiger partial charge in [-0.3, -0.25) is 14.5 Å². The van der Waals surface area contributed by atoms with Crippen molar-refractivity contribution < 1.29 is 14.7 Å². The van der Waals surface area contributed by atoms with Crippen molar-refractivity contribution in [1.29, 1.82) is 0 Å². The minimum atomic E-state index is -0.863. The molecule has 0 heterocycles. The van der Waals surface area contributed by atoms with E-state index in [1.165, 1.54) is 24.8 Å². The summed E-state index contributed by atoms with van der Waals surface area (Å²) >= 11 is 0. The van der Waals surface area contributed by atoms with Crippen molar-refractivity contribution in [2.24, 2.45) is 0 Å². The molecule has 0 spiro atoms. The van der Waals surface area contributed by atoms with Gasteiger partial charge < -0.3 is 10.4 Å². The fraction of sp³-hybridized carbons (Fsp3) is 0.619. The first-order valence-corrected chi connectivity index (χ1v) is 9.83. The van der Waals surface area contributed by atoms with Crippen molar-refractivity contribution in [3.63, 3.8) is 0 Å². The molecule has 0 radical (unpaired) electrons. The average molecular weight is 358 g/mol. The number of amides is 1. The molecule has 1 unspecified atom stereocenters. The number of hydrogen-bond acceptors (Lipinski definition) is 3. The zero-order valence-electron chi connectivity index (χ0n) is 15.6. The number of carbonyl (C=O) groups is 2. The van der Waals surface area contributed by atoms with Crippen LogP contribution in [0.15, 0.2) is 30.3 Å². The number of carboxylic acids is 1. The summed E-state index contributed by atoms with van der Waals surface area (Å²) in [6, 6.07) is 10.1. The normalized spacial score (nSPS) is 20.5. The maximum Gasteiger partial charge on any atom is 0.320 e. The van der Waals surface area contributed by atoms with Crippen molar-refractivity contribution in [3.05, 3.63) is 35.9 Å². The Morgan fingerprint density at radius 1 is 1.19 bits per heavy atom. The molecule has 2 fully saturated rings. The van der Waals surface area contributed by atoms with Gasteiger partial charge in [-0.25, -0.2) is 0 Å². The highest BCUT2D eigenvalue weighted by molar-refractivity contribution is 5.80. The van der Waals surface area contributed by atoms with Gasteiger partial charge in [-0.15, -0.1) is 0 Å². The van der Waals surface area contributed by atoms with E-state index in [9.17, 15) is 14.7 Å². The predicted molar refractivity (Wildman–Crippen MR) is 101 cm³/mol. The first kappa shape index (κ1) is 18.9. The quantitative estimate of drug-likeness (QED) is 0.750. The molecule has 2 aliphatic carbocycles. The Balaban J connectivity index is 1.63. The van der Waals surface area contributed by atoms with Crippen LogP contribution in [0, 0.1) is 0 Å². The average Bonchev–Trinajstić information content (AvgIpc) is 3.50. The lowest BCUT2D eigenvalue weighted by Crippen LogP contribution is -2.49. The minimum absolute atomic E-state index is 0.0119. The van der Waals surface area contributed by atoms with Crippen molar-refractivity contribution in [2.75, 3.05) is 13.1 Å². The minimum Gasteiger partial charge on any atom is -0.480 e. The van der Waals surface area contributed by atoms with Gasteiger partial charge in [0.1, 0.15) is 6.04 Å². The first-order valence-electron chi connectivity index (χ1n) is 9.83. The molecule has 2 aliphatic rings. The molecule has 0 aromatic heterocycles. The van der Waals surface area contributed by atoms with Gasteiger partial charge in [-0.05, 0) is 38.2 Å². The Bertz CT molecular complexity index is 621. The molecular weight excluding hydrogens is 328 g/mol. The predicted octanol–water partition coefficient (Wildman–Crippen LogP) is 2.94. The number of carboxylic acid groups (broad SMARTS) is 1. The Labute approximate surface area is 155 Å². The van der Waals surface area contributed by atoms with Crippen molar-refractivity contribution in [2.45, 2.75) is 69.4 Å². The topological polar surface area (TPSA) is 69.6 Å². The molecule has 5 nitrogen and oxygen atoms in total. The Morgan fingerprint density at radius 3 is 2.42 bits per heavy atom. The van der Waals surface area contributed by atoms with E-state index in [2.05, 4.69) is 29.6 Å². The molecular formula is C21H30N2O3. The fourth-order valence-corrected chi connectivity index (χ4v) is 4.21. The van der Waals surface area contributed by atoms with Crippen LogP contribution >= 0.6 is 0 Å². The van der Waals surface area contributed by atoms with E-state index in [4.69, 9.17) is 0 Å². The van der Waals surface area contributed by atoms with Crippen LogP contribution in [0.1, 0.15) is 57.4 Å². The van der Waals surface area contributed by atoms with Gasteiger partial charge in [-0.2, -0.15) is 0 Å². The second-order valence-corrected chi connectivity index (χ2v) is 7.90. The molecule has 5 heteroatoms. The molecule has 1 atom stereocenters. The van der Waals surface area contributed by atoms with Crippen LogP contribution < -0.4 is 5.32 Å². The van der Waals surface area contributed by atoms with Crippen molar-refractivity contribution in [1.82, 2.24) is 10.2 Å². The Kier molecular flexibility index (Phi) is 5.97. The molecule has 1 aromatic rings. The highest BCUT2D eigenvalue weighted by atomic mass is 16.4. The number of nitrogens with zero attached hydrogens (tertiary/aromatic N) is 1. The summed E-state index contributed by atoms with van der Waals surface area (Å²) in [7, 11) is 0. The van der Waals surface area contributed by atoms with Crippen LogP contribution in [0.3, 0.4) is 0 Å². The largest absolute Gasteiger partial charge is 0.480 e. The van der Waals surface area contributed by atoms with Gasteiger partial charge in [0, 0.05) is 18.0 Å². The summed E-state index contributed by atoms with van der Waals surface area (Å²) < 4.78 is 0. The monoisotopic (exact) mass is 358 g/mol. The molecule has 1 amide bonds. The van der Waals surface area contributed by atoms with Crippen molar-refractivity contribution in [3.8, 4) is 0 Å². The number of nitrogens with one attached hydrogen (secondary N) is 1. The lowest BCUT2D eigenvalue weighted by atomic mass is 9.69. The van der Waals surface area contributed by atoms with Crippen LogP contribution in [-0.2, 0) is 15.0 Å². The molecule has 0 aliphatic heterocycles. The molecule has 2 N–H and O–H groups in total. The van der Waals surface area contributed by atoms with Gasteiger partial charge in [0.25, 0.3) is 0 Å². The molecule has 26 heavy (non-hydrogen) atoms. The molecule has 3 rings (SSSR count). The van der Waals surface area contributed by atoms with Gasteiger partial charge in [0.2, 0.25) is 5.91 Å². The number of rotatable bonds is 8. The lowest BCUT2D eigenvalue weighted by Gasteiger charge is -2.38. The number of aliphatic carboxylic acids is 1. The highest BCUT2D eigenvalue weighted by Gasteiger charge is 2.37. The third kappa shape index (κ3) is 4.44. The van der Waals surface area contributed by atoms with Crippen LogP contribution in [0.25, 0.3) is 0 Å². The zero-order valence-corrected chi connectivity index (χ0v) is 15.6. The fourth-order valence-electron chi connectivity index (χ4n) is 4.21. The van der Waals surface area contributed by atoms with Gasteiger partial charge in [-0.1, -0.05) is 49.6 Å². The summed E-state index contributed by atoms with van der Waals surface area (Å²) in [5, 5.41) is 12.4. The second kappa shape index (κ2) is 8.21.